The van der Waals surface area contributed by atoms with Crippen LogP contribution in [0.2, 0.25) is 5.02 Å². The zero-order valence-corrected chi connectivity index (χ0v) is 10.6. The lowest BCUT2D eigenvalue weighted by Crippen LogP contribution is -2.10. The Bertz CT molecular complexity index is 479. The lowest BCUT2D eigenvalue weighted by Gasteiger charge is -2.13. The van der Waals surface area contributed by atoms with Crippen molar-refractivity contribution < 1.29 is 0 Å². The minimum absolute atomic E-state index is 0.567. The Hall–Kier alpha value is -1.55. The molecular formula is C12H15ClN4. The molecule has 0 unspecified atom stereocenters. The lowest BCUT2D eigenvalue weighted by atomic mass is 10.2. The summed E-state index contributed by atoms with van der Waals surface area (Å²) in [4.78, 5) is 3.95. The Kier molecular flexibility index (Phi) is 3.64. The van der Waals surface area contributed by atoms with Crippen LogP contribution in [-0.4, -0.2) is 21.3 Å². The molecule has 1 N–H and O–H groups in total. The summed E-state index contributed by atoms with van der Waals surface area (Å²) in [5, 5.41) is 8.20. The molecule has 0 spiro atoms. The predicted octanol–water partition coefficient (Wildman–Crippen LogP) is 2.99. The maximum Gasteiger partial charge on any atom is 0.138 e. The summed E-state index contributed by atoms with van der Waals surface area (Å²) in [5.74, 6) is 0.567. The van der Waals surface area contributed by atoms with Crippen LogP contribution in [0, 0.1) is 5.92 Å². The smallest absolute Gasteiger partial charge is 0.138 e. The molecule has 2 rings (SSSR count). The van der Waals surface area contributed by atoms with E-state index in [4.69, 9.17) is 11.6 Å². The largest absolute Gasteiger partial charge is 0.383 e. The van der Waals surface area contributed by atoms with Gasteiger partial charge in [0.05, 0.1) is 11.4 Å². The standard InChI is InChI=1S/C12H15ClN4/c1-9(2)6-15-11-5-10(13)3-4-12(11)17-8-14-7-16-17/h3-5,7-9,15H,6H2,1-2H3. The Morgan fingerprint density at radius 1 is 1.41 bits per heavy atom. The van der Waals surface area contributed by atoms with Gasteiger partial charge in [-0.05, 0) is 24.1 Å². The molecule has 0 fully saturated rings. The number of nitrogens with zero attached hydrogens (tertiary/aromatic N) is 3. The van der Waals surface area contributed by atoms with Crippen molar-refractivity contribution >= 4 is 17.3 Å². The summed E-state index contributed by atoms with van der Waals surface area (Å²) < 4.78 is 1.72. The van der Waals surface area contributed by atoms with Crippen molar-refractivity contribution in [3.05, 3.63) is 35.9 Å². The number of benzene rings is 1. The van der Waals surface area contributed by atoms with Gasteiger partial charge in [-0.25, -0.2) is 9.67 Å². The number of nitrogens with one attached hydrogen (secondary N) is 1. The Labute approximate surface area is 106 Å². The number of anilines is 1. The topological polar surface area (TPSA) is 42.7 Å². The van der Waals surface area contributed by atoms with Crippen molar-refractivity contribution in [3.63, 3.8) is 0 Å². The van der Waals surface area contributed by atoms with E-state index in [1.165, 1.54) is 6.33 Å². The van der Waals surface area contributed by atoms with Gasteiger partial charge in [0, 0.05) is 11.6 Å². The van der Waals surface area contributed by atoms with E-state index in [0.717, 1.165) is 17.9 Å². The van der Waals surface area contributed by atoms with E-state index in [2.05, 4.69) is 29.2 Å². The fourth-order valence-corrected chi connectivity index (χ4v) is 1.67. The highest BCUT2D eigenvalue weighted by molar-refractivity contribution is 6.31. The highest BCUT2D eigenvalue weighted by Gasteiger charge is 2.06. The van der Waals surface area contributed by atoms with Gasteiger partial charge in [0.15, 0.2) is 0 Å². The monoisotopic (exact) mass is 250 g/mol. The number of rotatable bonds is 4. The quantitative estimate of drug-likeness (QED) is 0.907. The van der Waals surface area contributed by atoms with Gasteiger partial charge in [-0.2, -0.15) is 5.10 Å². The zero-order chi connectivity index (χ0) is 12.3. The summed E-state index contributed by atoms with van der Waals surface area (Å²) in [5.41, 5.74) is 1.92. The van der Waals surface area contributed by atoms with E-state index >= 15 is 0 Å². The average Bonchev–Trinajstić information content (AvgIpc) is 2.80. The van der Waals surface area contributed by atoms with Crippen LogP contribution in [0.3, 0.4) is 0 Å². The number of hydrogen-bond donors (Lipinski definition) is 1. The number of aromatic nitrogens is 3. The molecule has 1 aromatic heterocycles. The fourth-order valence-electron chi connectivity index (χ4n) is 1.50. The first-order valence-electron chi connectivity index (χ1n) is 5.55. The van der Waals surface area contributed by atoms with Crippen molar-refractivity contribution in [2.45, 2.75) is 13.8 Å². The second-order valence-corrected chi connectivity index (χ2v) is 4.71. The molecule has 17 heavy (non-hydrogen) atoms. The lowest BCUT2D eigenvalue weighted by molar-refractivity contribution is 0.688. The Balaban J connectivity index is 2.31. The van der Waals surface area contributed by atoms with Crippen molar-refractivity contribution in [3.8, 4) is 5.69 Å². The first kappa shape index (κ1) is 11.9. The molecule has 0 saturated carbocycles. The third kappa shape index (κ3) is 2.97. The normalized spacial score (nSPS) is 10.8. The van der Waals surface area contributed by atoms with E-state index in [1.54, 1.807) is 11.0 Å². The molecular weight excluding hydrogens is 236 g/mol. The maximum absolute atomic E-state index is 6.01. The molecule has 0 atom stereocenters. The molecule has 4 nitrogen and oxygen atoms in total. The Morgan fingerprint density at radius 3 is 2.88 bits per heavy atom. The minimum atomic E-state index is 0.567. The van der Waals surface area contributed by atoms with Gasteiger partial charge >= 0.3 is 0 Å². The van der Waals surface area contributed by atoms with Crippen molar-refractivity contribution in [1.29, 1.82) is 0 Å². The SMILES string of the molecule is CC(C)CNc1cc(Cl)ccc1-n1cncn1. The number of halogens is 1. The molecule has 5 heteroatoms. The van der Waals surface area contributed by atoms with Crippen LogP contribution in [0.5, 0.6) is 0 Å². The van der Waals surface area contributed by atoms with E-state index in [-0.39, 0.29) is 0 Å². The summed E-state index contributed by atoms with van der Waals surface area (Å²) in [7, 11) is 0. The molecule has 0 aliphatic rings. The second-order valence-electron chi connectivity index (χ2n) is 4.28. The summed E-state index contributed by atoms with van der Waals surface area (Å²) in [6.45, 7) is 5.21. The van der Waals surface area contributed by atoms with Crippen LogP contribution in [0.4, 0.5) is 5.69 Å². The van der Waals surface area contributed by atoms with E-state index in [9.17, 15) is 0 Å². The molecule has 0 saturated heterocycles. The first-order chi connectivity index (χ1) is 8.16. The molecule has 0 amide bonds. The molecule has 0 aliphatic carbocycles. The molecule has 90 valence electrons. The van der Waals surface area contributed by atoms with Gasteiger partial charge < -0.3 is 5.32 Å². The third-order valence-electron chi connectivity index (χ3n) is 2.32. The van der Waals surface area contributed by atoms with Crippen molar-refractivity contribution in [1.82, 2.24) is 14.8 Å². The predicted molar refractivity (Wildman–Crippen MR) is 69.7 cm³/mol. The summed E-state index contributed by atoms with van der Waals surface area (Å²) in [6.07, 6.45) is 3.19. The molecule has 0 bridgehead atoms. The Morgan fingerprint density at radius 2 is 2.24 bits per heavy atom. The van der Waals surface area contributed by atoms with Gasteiger partial charge in [-0.3, -0.25) is 0 Å². The second kappa shape index (κ2) is 5.19. The van der Waals surface area contributed by atoms with Gasteiger partial charge in [-0.15, -0.1) is 0 Å². The van der Waals surface area contributed by atoms with Gasteiger partial charge in [-0.1, -0.05) is 25.4 Å². The van der Waals surface area contributed by atoms with Gasteiger partial charge in [0.1, 0.15) is 12.7 Å². The van der Waals surface area contributed by atoms with E-state index in [1.807, 2.05) is 18.2 Å². The number of hydrogen-bond acceptors (Lipinski definition) is 3. The van der Waals surface area contributed by atoms with Crippen molar-refractivity contribution in [2.24, 2.45) is 5.92 Å². The van der Waals surface area contributed by atoms with Gasteiger partial charge in [0.2, 0.25) is 0 Å². The highest BCUT2D eigenvalue weighted by atomic mass is 35.5. The van der Waals surface area contributed by atoms with E-state index < -0.39 is 0 Å². The first-order valence-corrected chi connectivity index (χ1v) is 5.93. The molecule has 1 aromatic carbocycles. The van der Waals surface area contributed by atoms with Crippen molar-refractivity contribution in [2.75, 3.05) is 11.9 Å². The molecule has 0 aliphatic heterocycles. The fraction of sp³-hybridized carbons (Fsp3) is 0.333. The summed E-state index contributed by atoms with van der Waals surface area (Å²) in [6, 6.07) is 5.68. The highest BCUT2D eigenvalue weighted by Crippen LogP contribution is 2.24. The van der Waals surface area contributed by atoms with Crippen LogP contribution in [0.15, 0.2) is 30.9 Å². The van der Waals surface area contributed by atoms with E-state index in [0.29, 0.717) is 10.9 Å². The van der Waals surface area contributed by atoms with Crippen LogP contribution >= 0.6 is 11.6 Å². The average molecular weight is 251 g/mol. The zero-order valence-electron chi connectivity index (χ0n) is 9.89. The summed E-state index contributed by atoms with van der Waals surface area (Å²) >= 11 is 6.01. The van der Waals surface area contributed by atoms with Crippen LogP contribution < -0.4 is 5.32 Å². The molecule has 2 aromatic rings. The minimum Gasteiger partial charge on any atom is -0.383 e. The van der Waals surface area contributed by atoms with Crippen LogP contribution in [0.1, 0.15) is 13.8 Å². The van der Waals surface area contributed by atoms with Crippen LogP contribution in [-0.2, 0) is 0 Å². The van der Waals surface area contributed by atoms with Crippen LogP contribution in [0.25, 0.3) is 5.69 Å². The third-order valence-corrected chi connectivity index (χ3v) is 2.56. The maximum atomic E-state index is 6.01. The molecule has 0 radical (unpaired) electrons. The van der Waals surface area contributed by atoms with Gasteiger partial charge in [0.25, 0.3) is 0 Å². The molecule has 1 heterocycles.